The van der Waals surface area contributed by atoms with Crippen LogP contribution in [-0.2, 0) is 11.3 Å². The van der Waals surface area contributed by atoms with Crippen molar-refractivity contribution in [2.24, 2.45) is 5.92 Å². The van der Waals surface area contributed by atoms with E-state index >= 15 is 0 Å². The van der Waals surface area contributed by atoms with E-state index in [-0.39, 0.29) is 17.4 Å². The smallest absolute Gasteiger partial charge is 0.256 e. The van der Waals surface area contributed by atoms with Crippen LogP contribution >= 0.6 is 11.3 Å². The molecule has 0 radical (unpaired) electrons. The highest BCUT2D eigenvalue weighted by Crippen LogP contribution is 2.21. The van der Waals surface area contributed by atoms with Gasteiger partial charge in [0.15, 0.2) is 0 Å². The summed E-state index contributed by atoms with van der Waals surface area (Å²) in [6.07, 6.45) is 1.06. The van der Waals surface area contributed by atoms with Crippen LogP contribution in [0.2, 0.25) is 0 Å². The molecule has 1 saturated heterocycles. The molecule has 1 aliphatic rings. The molecule has 0 saturated carbocycles. The van der Waals surface area contributed by atoms with Gasteiger partial charge in [0.05, 0.1) is 12.1 Å². The third-order valence-electron chi connectivity index (χ3n) is 4.71. The van der Waals surface area contributed by atoms with Crippen molar-refractivity contribution in [2.45, 2.75) is 26.3 Å². The van der Waals surface area contributed by atoms with Crippen LogP contribution in [0, 0.1) is 24.5 Å². The normalized spacial score (nSPS) is 15.1. The molecule has 1 aliphatic heterocycles. The number of aryl methyl sites for hydroxylation is 1. The summed E-state index contributed by atoms with van der Waals surface area (Å²) in [4.78, 5) is 27.4. The first-order chi connectivity index (χ1) is 12.5. The molecule has 0 bridgehead atoms. The summed E-state index contributed by atoms with van der Waals surface area (Å²) < 4.78 is 26.8. The van der Waals surface area contributed by atoms with E-state index in [2.05, 4.69) is 5.32 Å². The van der Waals surface area contributed by atoms with Crippen LogP contribution in [0.15, 0.2) is 29.6 Å². The van der Waals surface area contributed by atoms with Crippen LogP contribution in [0.3, 0.4) is 0 Å². The van der Waals surface area contributed by atoms with E-state index in [1.165, 1.54) is 4.90 Å². The molecular weight excluding hydrogens is 358 g/mol. The minimum Gasteiger partial charge on any atom is -0.351 e. The Morgan fingerprint density at radius 3 is 2.58 bits per heavy atom. The molecular formula is C19H20F2N2O2S. The molecule has 2 amide bonds. The predicted molar refractivity (Wildman–Crippen MR) is 95.9 cm³/mol. The minimum atomic E-state index is -0.860. The Morgan fingerprint density at radius 1 is 1.23 bits per heavy atom. The Kier molecular flexibility index (Phi) is 5.66. The lowest BCUT2D eigenvalue weighted by molar-refractivity contribution is -0.126. The Balaban J connectivity index is 1.52. The van der Waals surface area contributed by atoms with Gasteiger partial charge in [0.1, 0.15) is 11.6 Å². The Bertz CT molecular complexity index is 814. The molecule has 1 aromatic heterocycles. The van der Waals surface area contributed by atoms with Crippen molar-refractivity contribution in [3.8, 4) is 0 Å². The fourth-order valence-corrected chi connectivity index (χ4v) is 3.92. The summed E-state index contributed by atoms with van der Waals surface area (Å²) in [5, 5.41) is 4.95. The molecule has 26 heavy (non-hydrogen) atoms. The number of nitrogens with one attached hydrogen (secondary N) is 1. The zero-order valence-electron chi connectivity index (χ0n) is 14.4. The van der Waals surface area contributed by atoms with Crippen LogP contribution < -0.4 is 5.32 Å². The average Bonchev–Trinajstić information content (AvgIpc) is 3.04. The maximum atomic E-state index is 13.8. The number of likely N-dealkylation sites (tertiary alicyclic amines) is 1. The van der Waals surface area contributed by atoms with Crippen molar-refractivity contribution in [3.05, 3.63) is 57.3 Å². The van der Waals surface area contributed by atoms with E-state index in [0.29, 0.717) is 38.5 Å². The van der Waals surface area contributed by atoms with Crippen molar-refractivity contribution < 1.29 is 18.4 Å². The number of hydrogen-bond donors (Lipinski definition) is 1. The molecule has 0 spiro atoms. The van der Waals surface area contributed by atoms with E-state index in [9.17, 15) is 18.4 Å². The van der Waals surface area contributed by atoms with Gasteiger partial charge in [-0.25, -0.2) is 8.78 Å². The standard InChI is InChI=1S/C19H20F2N2O2S/c1-12-6-9-26-17(12)11-22-18(24)13-4-7-23(8-5-13)19(25)15-3-2-14(20)10-16(15)21/h2-3,6,9-10,13H,4-5,7-8,11H2,1H3,(H,22,24). The quantitative estimate of drug-likeness (QED) is 0.885. The number of nitrogens with zero attached hydrogens (tertiary/aromatic N) is 1. The highest BCUT2D eigenvalue weighted by Gasteiger charge is 2.28. The second kappa shape index (κ2) is 7.95. The molecule has 1 aromatic carbocycles. The van der Waals surface area contributed by atoms with E-state index in [4.69, 9.17) is 0 Å². The van der Waals surface area contributed by atoms with Gasteiger partial charge in [0.25, 0.3) is 5.91 Å². The molecule has 0 atom stereocenters. The first kappa shape index (κ1) is 18.5. The average molecular weight is 378 g/mol. The van der Waals surface area contributed by atoms with Gasteiger partial charge in [0.2, 0.25) is 5.91 Å². The molecule has 7 heteroatoms. The molecule has 0 unspecified atom stereocenters. The summed E-state index contributed by atoms with van der Waals surface area (Å²) in [6, 6.07) is 4.96. The number of halogens is 2. The maximum Gasteiger partial charge on any atom is 0.256 e. The first-order valence-corrected chi connectivity index (χ1v) is 9.38. The fraction of sp³-hybridized carbons (Fsp3) is 0.368. The number of rotatable bonds is 4. The summed E-state index contributed by atoms with van der Waals surface area (Å²) in [6.45, 7) is 3.29. The minimum absolute atomic E-state index is 0.0159. The van der Waals surface area contributed by atoms with Crippen LogP contribution in [0.25, 0.3) is 0 Å². The lowest BCUT2D eigenvalue weighted by Gasteiger charge is -2.31. The van der Waals surface area contributed by atoms with Crippen LogP contribution in [0.5, 0.6) is 0 Å². The summed E-state index contributed by atoms with van der Waals surface area (Å²) in [5.41, 5.74) is 1.03. The molecule has 1 N–H and O–H groups in total. The van der Waals surface area contributed by atoms with Gasteiger partial charge >= 0.3 is 0 Å². The predicted octanol–water partition coefficient (Wildman–Crippen LogP) is 3.50. The lowest BCUT2D eigenvalue weighted by atomic mass is 9.95. The van der Waals surface area contributed by atoms with Crippen molar-refractivity contribution in [3.63, 3.8) is 0 Å². The second-order valence-corrected chi connectivity index (χ2v) is 7.44. The number of thiophene rings is 1. The summed E-state index contributed by atoms with van der Waals surface area (Å²) in [5.74, 6) is -2.21. The topological polar surface area (TPSA) is 49.4 Å². The van der Waals surface area contributed by atoms with E-state index < -0.39 is 17.5 Å². The van der Waals surface area contributed by atoms with Gasteiger partial charge in [-0.15, -0.1) is 11.3 Å². The van der Waals surface area contributed by atoms with E-state index in [0.717, 1.165) is 22.6 Å². The monoisotopic (exact) mass is 378 g/mol. The third kappa shape index (κ3) is 4.09. The van der Waals surface area contributed by atoms with Gasteiger partial charge < -0.3 is 10.2 Å². The highest BCUT2D eigenvalue weighted by atomic mass is 32.1. The Hall–Kier alpha value is -2.28. The number of hydrogen-bond acceptors (Lipinski definition) is 3. The molecule has 3 rings (SSSR count). The van der Waals surface area contributed by atoms with Crippen LogP contribution in [0.1, 0.15) is 33.6 Å². The van der Waals surface area contributed by atoms with Gasteiger partial charge in [-0.05, 0) is 48.9 Å². The molecule has 0 aliphatic carbocycles. The van der Waals surface area contributed by atoms with E-state index in [1.54, 1.807) is 11.3 Å². The number of amides is 2. The molecule has 4 nitrogen and oxygen atoms in total. The Morgan fingerprint density at radius 2 is 1.96 bits per heavy atom. The first-order valence-electron chi connectivity index (χ1n) is 8.50. The highest BCUT2D eigenvalue weighted by molar-refractivity contribution is 7.10. The number of piperidine rings is 1. The zero-order valence-corrected chi connectivity index (χ0v) is 15.2. The van der Waals surface area contributed by atoms with E-state index in [1.807, 2.05) is 18.4 Å². The zero-order chi connectivity index (χ0) is 18.7. The van der Waals surface area contributed by atoms with Crippen LogP contribution in [-0.4, -0.2) is 29.8 Å². The third-order valence-corrected chi connectivity index (χ3v) is 5.73. The second-order valence-electron chi connectivity index (χ2n) is 6.44. The summed E-state index contributed by atoms with van der Waals surface area (Å²) in [7, 11) is 0. The van der Waals surface area contributed by atoms with Gasteiger partial charge in [-0.2, -0.15) is 0 Å². The summed E-state index contributed by atoms with van der Waals surface area (Å²) >= 11 is 1.61. The van der Waals surface area contributed by atoms with Crippen molar-refractivity contribution in [1.82, 2.24) is 10.2 Å². The molecule has 138 valence electrons. The van der Waals surface area contributed by atoms with Crippen LogP contribution in [0.4, 0.5) is 8.78 Å². The van der Waals surface area contributed by atoms with Crippen molar-refractivity contribution >= 4 is 23.2 Å². The van der Waals surface area contributed by atoms with Crippen molar-refractivity contribution in [1.29, 1.82) is 0 Å². The Labute approximate surface area is 154 Å². The maximum absolute atomic E-state index is 13.8. The number of carbonyl (C=O) groups excluding carboxylic acids is 2. The number of carbonyl (C=O) groups is 2. The largest absolute Gasteiger partial charge is 0.351 e. The molecule has 1 fully saturated rings. The molecule has 2 heterocycles. The van der Waals surface area contributed by atoms with Crippen molar-refractivity contribution in [2.75, 3.05) is 13.1 Å². The lowest BCUT2D eigenvalue weighted by Crippen LogP contribution is -2.43. The van der Waals surface area contributed by atoms with Gasteiger partial charge in [0, 0.05) is 30.0 Å². The SMILES string of the molecule is Cc1ccsc1CNC(=O)C1CCN(C(=O)c2ccc(F)cc2F)CC1. The van der Waals surface area contributed by atoms with Gasteiger partial charge in [-0.3, -0.25) is 9.59 Å². The molecule has 2 aromatic rings. The van der Waals surface area contributed by atoms with Gasteiger partial charge in [-0.1, -0.05) is 0 Å². The fourth-order valence-electron chi connectivity index (χ4n) is 3.07. The number of benzene rings is 1.